The molecule has 1 aromatic carbocycles. The van der Waals surface area contributed by atoms with Gasteiger partial charge in [-0.3, -0.25) is 0 Å². The minimum atomic E-state index is -1.92. The summed E-state index contributed by atoms with van der Waals surface area (Å²) in [7, 11) is 0. The van der Waals surface area contributed by atoms with Gasteiger partial charge in [-0.05, 0) is 5.56 Å². The molecule has 0 aliphatic heterocycles. The third kappa shape index (κ3) is 2.56. The van der Waals surface area contributed by atoms with E-state index in [9.17, 15) is 15.0 Å². The molecule has 0 amide bonds. The summed E-state index contributed by atoms with van der Waals surface area (Å²) in [5.74, 6) is -1.52. The Kier molecular flexibility index (Phi) is 3.98. The second kappa shape index (κ2) is 5.24. The largest absolute Gasteiger partial charge is 0.479 e. The zero-order valence-electron chi connectivity index (χ0n) is 8.19. The van der Waals surface area contributed by atoms with Crippen molar-refractivity contribution in [3.8, 4) is 0 Å². The van der Waals surface area contributed by atoms with Crippen molar-refractivity contribution in [2.24, 2.45) is 5.16 Å². The molecule has 2 atom stereocenters. The average molecular weight is 225 g/mol. The van der Waals surface area contributed by atoms with Crippen LogP contribution in [0, 0.1) is 0 Å². The molecule has 0 heterocycles. The summed E-state index contributed by atoms with van der Waals surface area (Å²) in [4.78, 5) is 10.5. The highest BCUT2D eigenvalue weighted by atomic mass is 16.4. The molecule has 0 bridgehead atoms. The van der Waals surface area contributed by atoms with Crippen LogP contribution in [0.5, 0.6) is 0 Å². The van der Waals surface area contributed by atoms with Crippen molar-refractivity contribution < 1.29 is 25.3 Å². The number of benzene rings is 1. The Morgan fingerprint density at radius 2 is 1.94 bits per heavy atom. The van der Waals surface area contributed by atoms with E-state index < -0.39 is 18.2 Å². The molecule has 4 N–H and O–H groups in total. The second-order valence-corrected chi connectivity index (χ2v) is 3.10. The van der Waals surface area contributed by atoms with Gasteiger partial charge < -0.3 is 20.5 Å². The minimum absolute atomic E-state index is 0.176. The molecule has 0 spiro atoms. The van der Waals surface area contributed by atoms with E-state index in [0.717, 1.165) is 6.21 Å². The molecule has 0 aliphatic carbocycles. The minimum Gasteiger partial charge on any atom is -0.479 e. The molecule has 86 valence electrons. The van der Waals surface area contributed by atoms with Crippen LogP contribution in [0.1, 0.15) is 17.2 Å². The van der Waals surface area contributed by atoms with Crippen LogP contribution in [0.25, 0.3) is 0 Å². The van der Waals surface area contributed by atoms with Gasteiger partial charge in [0.1, 0.15) is 6.10 Å². The zero-order chi connectivity index (χ0) is 12.1. The Balaban J connectivity index is 3.07. The molecular formula is C10H11NO5. The van der Waals surface area contributed by atoms with E-state index in [4.69, 9.17) is 10.3 Å². The van der Waals surface area contributed by atoms with Gasteiger partial charge >= 0.3 is 5.97 Å². The van der Waals surface area contributed by atoms with Gasteiger partial charge in [0.2, 0.25) is 0 Å². The van der Waals surface area contributed by atoms with Gasteiger partial charge in [-0.15, -0.1) is 0 Å². The second-order valence-electron chi connectivity index (χ2n) is 3.10. The number of oxime groups is 1. The predicted molar refractivity (Wildman–Crippen MR) is 54.4 cm³/mol. The van der Waals surface area contributed by atoms with E-state index in [1.807, 2.05) is 0 Å². The van der Waals surface area contributed by atoms with Crippen molar-refractivity contribution >= 4 is 12.2 Å². The van der Waals surface area contributed by atoms with Gasteiger partial charge in [-0.2, -0.15) is 0 Å². The monoisotopic (exact) mass is 225 g/mol. The summed E-state index contributed by atoms with van der Waals surface area (Å²) in [6, 6.07) is 6.16. The molecule has 1 rings (SSSR count). The molecule has 0 saturated heterocycles. The molecule has 0 aromatic heterocycles. The van der Waals surface area contributed by atoms with Crippen molar-refractivity contribution in [2.45, 2.75) is 12.2 Å². The molecule has 0 aliphatic rings. The fourth-order valence-corrected chi connectivity index (χ4v) is 1.27. The van der Waals surface area contributed by atoms with Crippen LogP contribution in [0.4, 0.5) is 0 Å². The Labute approximate surface area is 91.1 Å². The molecule has 0 radical (unpaired) electrons. The van der Waals surface area contributed by atoms with Crippen LogP contribution >= 0.6 is 0 Å². The standard InChI is InChI=1S/C10H11NO5/c12-8(9(13)10(14)15)7-4-2-1-3-6(7)5-11-16/h1-5,8-9,12-13,16H,(H,14,15). The number of nitrogens with zero attached hydrogens (tertiary/aromatic N) is 1. The highest BCUT2D eigenvalue weighted by Gasteiger charge is 2.26. The summed E-state index contributed by atoms with van der Waals surface area (Å²) in [5, 5.41) is 38.5. The number of carboxylic acid groups (broad SMARTS) is 1. The lowest BCUT2D eigenvalue weighted by Gasteiger charge is -2.16. The number of rotatable bonds is 4. The van der Waals surface area contributed by atoms with Gasteiger partial charge in [0.25, 0.3) is 0 Å². The van der Waals surface area contributed by atoms with E-state index in [1.165, 1.54) is 12.1 Å². The number of carbonyl (C=O) groups is 1. The van der Waals surface area contributed by atoms with Gasteiger partial charge in [0, 0.05) is 5.56 Å². The van der Waals surface area contributed by atoms with E-state index in [1.54, 1.807) is 12.1 Å². The number of carboxylic acids is 1. The normalized spacial score (nSPS) is 14.9. The van der Waals surface area contributed by atoms with Crippen LogP contribution in [-0.2, 0) is 4.79 Å². The fraction of sp³-hybridized carbons (Fsp3) is 0.200. The van der Waals surface area contributed by atoms with Gasteiger partial charge in [-0.25, -0.2) is 4.79 Å². The summed E-state index contributed by atoms with van der Waals surface area (Å²) in [6.07, 6.45) is -2.45. The van der Waals surface area contributed by atoms with E-state index in [2.05, 4.69) is 5.16 Å². The first-order valence-electron chi connectivity index (χ1n) is 4.43. The Bertz CT molecular complexity index is 404. The van der Waals surface area contributed by atoms with Crippen LogP contribution in [0.3, 0.4) is 0 Å². The van der Waals surface area contributed by atoms with Crippen molar-refractivity contribution in [3.05, 3.63) is 35.4 Å². The lowest BCUT2D eigenvalue weighted by Crippen LogP contribution is -2.28. The molecule has 2 unspecified atom stereocenters. The summed E-state index contributed by atoms with van der Waals surface area (Å²) < 4.78 is 0. The smallest absolute Gasteiger partial charge is 0.335 e. The van der Waals surface area contributed by atoms with Gasteiger partial charge in [0.05, 0.1) is 6.21 Å². The van der Waals surface area contributed by atoms with Crippen LogP contribution in [0.15, 0.2) is 29.4 Å². The SMILES string of the molecule is O=C(O)C(O)C(O)c1ccccc1C=NO. The highest BCUT2D eigenvalue weighted by molar-refractivity contribution is 5.82. The molecular weight excluding hydrogens is 214 g/mol. The van der Waals surface area contributed by atoms with Crippen LogP contribution in [0.2, 0.25) is 0 Å². The summed E-state index contributed by atoms with van der Waals surface area (Å²) >= 11 is 0. The van der Waals surface area contributed by atoms with Crippen LogP contribution < -0.4 is 0 Å². The van der Waals surface area contributed by atoms with Crippen LogP contribution in [-0.4, -0.2) is 38.8 Å². The maximum Gasteiger partial charge on any atom is 0.335 e. The number of aliphatic carboxylic acids is 1. The maximum atomic E-state index is 10.5. The van der Waals surface area contributed by atoms with Crippen molar-refractivity contribution in [2.75, 3.05) is 0 Å². The van der Waals surface area contributed by atoms with E-state index in [-0.39, 0.29) is 5.56 Å². The first-order chi connectivity index (χ1) is 7.57. The first-order valence-corrected chi connectivity index (χ1v) is 4.43. The maximum absolute atomic E-state index is 10.5. The zero-order valence-corrected chi connectivity index (χ0v) is 8.19. The van der Waals surface area contributed by atoms with Crippen molar-refractivity contribution in [3.63, 3.8) is 0 Å². The molecule has 16 heavy (non-hydrogen) atoms. The molecule has 6 heteroatoms. The Hall–Kier alpha value is -1.92. The Morgan fingerprint density at radius 1 is 1.31 bits per heavy atom. The number of aliphatic hydroxyl groups is 2. The van der Waals surface area contributed by atoms with Crippen molar-refractivity contribution in [1.29, 1.82) is 0 Å². The number of hydrogen-bond donors (Lipinski definition) is 4. The third-order valence-electron chi connectivity index (χ3n) is 2.06. The van der Waals surface area contributed by atoms with E-state index >= 15 is 0 Å². The quantitative estimate of drug-likeness (QED) is 0.327. The summed E-state index contributed by atoms with van der Waals surface area (Å²) in [6.45, 7) is 0. The third-order valence-corrected chi connectivity index (χ3v) is 2.06. The van der Waals surface area contributed by atoms with Gasteiger partial charge in [-0.1, -0.05) is 29.4 Å². The predicted octanol–water partition coefficient (Wildman–Crippen LogP) is -0.0264. The topological polar surface area (TPSA) is 110 Å². The van der Waals surface area contributed by atoms with E-state index in [0.29, 0.717) is 5.56 Å². The number of hydrogen-bond acceptors (Lipinski definition) is 5. The number of aliphatic hydroxyl groups excluding tert-OH is 2. The lowest BCUT2D eigenvalue weighted by atomic mass is 9.99. The first kappa shape index (κ1) is 12.2. The average Bonchev–Trinajstić information content (AvgIpc) is 2.28. The molecule has 0 saturated carbocycles. The molecule has 0 fully saturated rings. The van der Waals surface area contributed by atoms with Gasteiger partial charge in [0.15, 0.2) is 6.10 Å². The molecule has 1 aromatic rings. The molecule has 6 nitrogen and oxygen atoms in total. The summed E-state index contributed by atoms with van der Waals surface area (Å²) in [5.41, 5.74) is 0.507. The van der Waals surface area contributed by atoms with Crippen molar-refractivity contribution in [1.82, 2.24) is 0 Å². The highest BCUT2D eigenvalue weighted by Crippen LogP contribution is 2.20. The Morgan fingerprint density at radius 3 is 2.50 bits per heavy atom. The fourth-order valence-electron chi connectivity index (χ4n) is 1.27. The lowest BCUT2D eigenvalue weighted by molar-refractivity contribution is -0.153.